The number of Topliss-reactive ketones (excluding diaryl/α,β-unsaturated/α-hetero) is 1. The van der Waals surface area contributed by atoms with E-state index in [0.29, 0.717) is 12.1 Å². The number of carbonyl (C=O) groups excluding carboxylic acids is 1. The van der Waals surface area contributed by atoms with Crippen molar-refractivity contribution in [2.45, 2.75) is 26.2 Å². The van der Waals surface area contributed by atoms with Crippen LogP contribution in [0.2, 0.25) is 0 Å². The first-order valence-corrected chi connectivity index (χ1v) is 7.18. The molecule has 110 valence electrons. The molecule has 1 aromatic rings. The second-order valence-corrected chi connectivity index (χ2v) is 6.43. The predicted molar refractivity (Wildman–Crippen MR) is 80.4 cm³/mol. The van der Waals surface area contributed by atoms with Crippen molar-refractivity contribution in [3.8, 4) is 5.75 Å². The maximum Gasteiger partial charge on any atom is 0.180 e. The van der Waals surface area contributed by atoms with Crippen molar-refractivity contribution in [1.82, 2.24) is 10.2 Å². The van der Waals surface area contributed by atoms with E-state index in [9.17, 15) is 9.90 Å². The molecular formula is C16H24N2O2. The van der Waals surface area contributed by atoms with Gasteiger partial charge in [0.2, 0.25) is 0 Å². The smallest absolute Gasteiger partial charge is 0.180 e. The van der Waals surface area contributed by atoms with Gasteiger partial charge in [-0.1, -0.05) is 26.8 Å². The largest absolute Gasteiger partial charge is 0.507 e. The van der Waals surface area contributed by atoms with E-state index in [2.05, 4.69) is 31.0 Å². The Kier molecular flexibility index (Phi) is 4.45. The van der Waals surface area contributed by atoms with Crippen LogP contribution >= 0.6 is 0 Å². The molecule has 1 aliphatic rings. The molecule has 1 heterocycles. The van der Waals surface area contributed by atoms with E-state index in [-0.39, 0.29) is 16.9 Å². The second-order valence-electron chi connectivity index (χ2n) is 6.43. The quantitative estimate of drug-likeness (QED) is 0.826. The Labute approximate surface area is 120 Å². The molecule has 20 heavy (non-hydrogen) atoms. The number of carbonyl (C=O) groups is 1. The van der Waals surface area contributed by atoms with Crippen molar-refractivity contribution in [3.05, 3.63) is 29.3 Å². The predicted octanol–water partition coefficient (Wildman–Crippen LogP) is 1.78. The van der Waals surface area contributed by atoms with Crippen LogP contribution in [0.5, 0.6) is 5.75 Å². The summed E-state index contributed by atoms with van der Waals surface area (Å²) in [6.45, 7) is 10.3. The summed E-state index contributed by atoms with van der Waals surface area (Å²) in [6.07, 6.45) is 0. The summed E-state index contributed by atoms with van der Waals surface area (Å²) in [5.41, 5.74) is 1.48. The molecule has 2 rings (SSSR count). The standard InChI is InChI=1S/C16H24N2O2/c1-16(2,3)12-4-5-14(19)13(10-12)15(20)11-18-8-6-17-7-9-18/h4-5,10,17,19H,6-9,11H2,1-3H3. The zero-order valence-electron chi connectivity index (χ0n) is 12.6. The van der Waals surface area contributed by atoms with Crippen LogP contribution in [-0.4, -0.2) is 48.5 Å². The van der Waals surface area contributed by atoms with Gasteiger partial charge in [0.05, 0.1) is 12.1 Å². The maximum atomic E-state index is 12.4. The van der Waals surface area contributed by atoms with Crippen molar-refractivity contribution in [3.63, 3.8) is 0 Å². The molecule has 1 fully saturated rings. The summed E-state index contributed by atoms with van der Waals surface area (Å²) < 4.78 is 0. The van der Waals surface area contributed by atoms with E-state index in [1.54, 1.807) is 6.07 Å². The number of ketones is 1. The Morgan fingerprint density at radius 2 is 1.95 bits per heavy atom. The number of benzene rings is 1. The summed E-state index contributed by atoms with van der Waals surface area (Å²) in [5, 5.41) is 13.2. The third-order valence-electron chi connectivity index (χ3n) is 3.74. The van der Waals surface area contributed by atoms with E-state index in [0.717, 1.165) is 31.7 Å². The topological polar surface area (TPSA) is 52.6 Å². The molecule has 1 aliphatic heterocycles. The summed E-state index contributed by atoms with van der Waals surface area (Å²) in [4.78, 5) is 14.5. The normalized spacial score (nSPS) is 17.1. The van der Waals surface area contributed by atoms with Crippen LogP contribution in [-0.2, 0) is 5.41 Å². The Bertz CT molecular complexity index is 486. The molecule has 0 saturated carbocycles. The number of aromatic hydroxyl groups is 1. The molecule has 0 atom stereocenters. The fraction of sp³-hybridized carbons (Fsp3) is 0.562. The molecule has 0 aromatic heterocycles. The van der Waals surface area contributed by atoms with Crippen LogP contribution in [0.3, 0.4) is 0 Å². The summed E-state index contributed by atoms with van der Waals surface area (Å²) >= 11 is 0. The lowest BCUT2D eigenvalue weighted by molar-refractivity contribution is 0.0918. The molecule has 1 aromatic carbocycles. The highest BCUT2D eigenvalue weighted by Gasteiger charge is 2.20. The maximum absolute atomic E-state index is 12.4. The number of nitrogens with zero attached hydrogens (tertiary/aromatic N) is 1. The van der Waals surface area contributed by atoms with Gasteiger partial charge in [0.1, 0.15) is 5.75 Å². The van der Waals surface area contributed by atoms with Crippen molar-refractivity contribution < 1.29 is 9.90 Å². The first-order valence-electron chi connectivity index (χ1n) is 7.18. The van der Waals surface area contributed by atoms with Gasteiger partial charge in [-0.05, 0) is 23.1 Å². The van der Waals surface area contributed by atoms with Gasteiger partial charge in [0.15, 0.2) is 5.78 Å². The Balaban J connectivity index is 2.16. The van der Waals surface area contributed by atoms with Crippen LogP contribution in [0.4, 0.5) is 0 Å². The van der Waals surface area contributed by atoms with Gasteiger partial charge in [-0.3, -0.25) is 9.69 Å². The number of hydrogen-bond acceptors (Lipinski definition) is 4. The molecule has 1 saturated heterocycles. The van der Waals surface area contributed by atoms with Crippen LogP contribution in [0, 0.1) is 0 Å². The van der Waals surface area contributed by atoms with Gasteiger partial charge < -0.3 is 10.4 Å². The van der Waals surface area contributed by atoms with Crippen LogP contribution in [0.25, 0.3) is 0 Å². The molecular weight excluding hydrogens is 252 g/mol. The minimum absolute atomic E-state index is 0.00417. The molecule has 0 aliphatic carbocycles. The third kappa shape index (κ3) is 3.58. The minimum atomic E-state index is -0.0300. The molecule has 0 bridgehead atoms. The molecule has 2 N–H and O–H groups in total. The SMILES string of the molecule is CC(C)(C)c1ccc(O)c(C(=O)CN2CCNCC2)c1. The minimum Gasteiger partial charge on any atom is -0.507 e. The van der Waals surface area contributed by atoms with Crippen molar-refractivity contribution >= 4 is 5.78 Å². The molecule has 0 amide bonds. The van der Waals surface area contributed by atoms with E-state index < -0.39 is 0 Å². The van der Waals surface area contributed by atoms with Crippen LogP contribution in [0.1, 0.15) is 36.7 Å². The highest BCUT2D eigenvalue weighted by atomic mass is 16.3. The Morgan fingerprint density at radius 1 is 1.30 bits per heavy atom. The lowest BCUT2D eigenvalue weighted by Gasteiger charge is -2.26. The Morgan fingerprint density at radius 3 is 2.55 bits per heavy atom. The number of phenols is 1. The monoisotopic (exact) mass is 276 g/mol. The lowest BCUT2D eigenvalue weighted by Crippen LogP contribution is -2.45. The van der Waals surface area contributed by atoms with Gasteiger partial charge in [0, 0.05) is 26.2 Å². The zero-order chi connectivity index (χ0) is 14.8. The van der Waals surface area contributed by atoms with Gasteiger partial charge in [0.25, 0.3) is 0 Å². The average molecular weight is 276 g/mol. The number of rotatable bonds is 3. The average Bonchev–Trinajstić information content (AvgIpc) is 2.39. The van der Waals surface area contributed by atoms with Crippen LogP contribution < -0.4 is 5.32 Å². The summed E-state index contributed by atoms with van der Waals surface area (Å²) in [7, 11) is 0. The molecule has 0 unspecified atom stereocenters. The fourth-order valence-electron chi connectivity index (χ4n) is 2.38. The number of nitrogens with one attached hydrogen (secondary N) is 1. The third-order valence-corrected chi connectivity index (χ3v) is 3.74. The van der Waals surface area contributed by atoms with Crippen molar-refractivity contribution in [2.75, 3.05) is 32.7 Å². The van der Waals surface area contributed by atoms with E-state index in [4.69, 9.17) is 0 Å². The van der Waals surface area contributed by atoms with Gasteiger partial charge in [-0.15, -0.1) is 0 Å². The van der Waals surface area contributed by atoms with Gasteiger partial charge >= 0.3 is 0 Å². The Hall–Kier alpha value is -1.39. The highest BCUT2D eigenvalue weighted by Crippen LogP contribution is 2.27. The zero-order valence-corrected chi connectivity index (χ0v) is 12.6. The summed E-state index contributed by atoms with van der Waals surface area (Å²) in [6, 6.07) is 5.35. The number of piperazine rings is 1. The van der Waals surface area contributed by atoms with Crippen LogP contribution in [0.15, 0.2) is 18.2 Å². The van der Waals surface area contributed by atoms with Crippen molar-refractivity contribution in [2.24, 2.45) is 0 Å². The van der Waals surface area contributed by atoms with Gasteiger partial charge in [-0.2, -0.15) is 0 Å². The molecule has 4 heteroatoms. The first-order chi connectivity index (χ1) is 9.38. The fourth-order valence-corrected chi connectivity index (χ4v) is 2.38. The molecule has 0 radical (unpaired) electrons. The first kappa shape index (κ1) is 15.0. The molecule has 0 spiro atoms. The van der Waals surface area contributed by atoms with E-state index >= 15 is 0 Å². The van der Waals surface area contributed by atoms with Crippen molar-refractivity contribution in [1.29, 1.82) is 0 Å². The second kappa shape index (κ2) is 5.94. The highest BCUT2D eigenvalue weighted by molar-refractivity contribution is 6.00. The van der Waals surface area contributed by atoms with Gasteiger partial charge in [-0.25, -0.2) is 0 Å². The lowest BCUT2D eigenvalue weighted by atomic mass is 9.85. The summed E-state index contributed by atoms with van der Waals surface area (Å²) in [5.74, 6) is 0.0774. The number of hydrogen-bond donors (Lipinski definition) is 2. The number of phenolic OH excluding ortho intramolecular Hbond substituents is 1. The molecule has 4 nitrogen and oxygen atoms in total. The van der Waals surface area contributed by atoms with E-state index in [1.165, 1.54) is 0 Å². The van der Waals surface area contributed by atoms with E-state index in [1.807, 2.05) is 12.1 Å².